The van der Waals surface area contributed by atoms with Crippen LogP contribution in [-0.4, -0.2) is 35.4 Å². The Morgan fingerprint density at radius 2 is 2.19 bits per heavy atom. The molecule has 0 fully saturated rings. The highest BCUT2D eigenvalue weighted by Crippen LogP contribution is 2.06. The maximum atomic E-state index is 5.66. The zero-order valence-electron chi connectivity index (χ0n) is 10.8. The van der Waals surface area contributed by atoms with Crippen molar-refractivity contribution in [1.82, 2.24) is 14.9 Å². The first kappa shape index (κ1) is 13.2. The van der Waals surface area contributed by atoms with Gasteiger partial charge in [0.1, 0.15) is 0 Å². The van der Waals surface area contributed by atoms with Crippen LogP contribution in [0.5, 0.6) is 0 Å². The Labute approximate surface area is 98.0 Å². The Kier molecular flexibility index (Phi) is 4.96. The van der Waals surface area contributed by atoms with Crippen LogP contribution in [0, 0.1) is 0 Å². The van der Waals surface area contributed by atoms with Crippen molar-refractivity contribution in [3.8, 4) is 0 Å². The molecule has 0 amide bonds. The standard InChI is InChI=1S/C12H23N3O/c1-12(2,3)16-8-7-15-9-11(14-10-15)5-6-13-4/h9-10,13H,5-8H2,1-4H3. The van der Waals surface area contributed by atoms with E-state index in [2.05, 4.69) is 41.8 Å². The minimum Gasteiger partial charge on any atom is -0.374 e. The fraction of sp³-hybridized carbons (Fsp3) is 0.750. The van der Waals surface area contributed by atoms with Crippen LogP contribution in [0.3, 0.4) is 0 Å². The number of rotatable bonds is 6. The van der Waals surface area contributed by atoms with E-state index < -0.39 is 0 Å². The van der Waals surface area contributed by atoms with Gasteiger partial charge in [0.05, 0.1) is 24.2 Å². The third-order valence-corrected chi connectivity index (χ3v) is 2.20. The number of hydrogen-bond acceptors (Lipinski definition) is 3. The molecule has 16 heavy (non-hydrogen) atoms. The summed E-state index contributed by atoms with van der Waals surface area (Å²) >= 11 is 0. The van der Waals surface area contributed by atoms with Crippen molar-refractivity contribution in [2.45, 2.75) is 39.3 Å². The lowest BCUT2D eigenvalue weighted by atomic mass is 10.2. The molecule has 1 rings (SSSR count). The van der Waals surface area contributed by atoms with E-state index in [0.717, 1.165) is 31.8 Å². The maximum Gasteiger partial charge on any atom is 0.0950 e. The quantitative estimate of drug-likeness (QED) is 0.796. The van der Waals surface area contributed by atoms with E-state index in [0.29, 0.717) is 0 Å². The van der Waals surface area contributed by atoms with Crippen LogP contribution < -0.4 is 5.32 Å². The molecule has 0 aliphatic heterocycles. The second-order valence-corrected chi connectivity index (χ2v) is 4.92. The van der Waals surface area contributed by atoms with E-state index in [4.69, 9.17) is 4.74 Å². The summed E-state index contributed by atoms with van der Waals surface area (Å²) in [5, 5.41) is 3.11. The predicted molar refractivity (Wildman–Crippen MR) is 65.6 cm³/mol. The molecule has 0 saturated carbocycles. The smallest absolute Gasteiger partial charge is 0.0950 e. The fourth-order valence-corrected chi connectivity index (χ4v) is 1.37. The largest absolute Gasteiger partial charge is 0.374 e. The van der Waals surface area contributed by atoms with E-state index in [1.165, 1.54) is 0 Å². The molecule has 1 heterocycles. The first-order valence-corrected chi connectivity index (χ1v) is 5.80. The number of ether oxygens (including phenoxy) is 1. The minimum atomic E-state index is -0.0600. The highest BCUT2D eigenvalue weighted by atomic mass is 16.5. The second kappa shape index (κ2) is 6.01. The average molecular weight is 225 g/mol. The van der Waals surface area contributed by atoms with E-state index >= 15 is 0 Å². The predicted octanol–water partition coefficient (Wildman–Crippen LogP) is 1.46. The molecule has 0 radical (unpaired) electrons. The van der Waals surface area contributed by atoms with Crippen LogP contribution in [0.1, 0.15) is 26.5 Å². The monoisotopic (exact) mass is 225 g/mol. The van der Waals surface area contributed by atoms with E-state index in [1.54, 1.807) is 0 Å². The Hall–Kier alpha value is -0.870. The number of hydrogen-bond donors (Lipinski definition) is 1. The van der Waals surface area contributed by atoms with Crippen molar-refractivity contribution >= 4 is 0 Å². The Morgan fingerprint density at radius 1 is 1.44 bits per heavy atom. The lowest BCUT2D eigenvalue weighted by molar-refractivity contribution is -0.00683. The molecule has 0 unspecified atom stereocenters. The molecule has 0 aliphatic carbocycles. The van der Waals surface area contributed by atoms with Gasteiger partial charge in [-0.1, -0.05) is 0 Å². The van der Waals surface area contributed by atoms with Gasteiger partial charge in [0.15, 0.2) is 0 Å². The molecule has 1 aromatic heterocycles. The van der Waals surface area contributed by atoms with E-state index in [9.17, 15) is 0 Å². The van der Waals surface area contributed by atoms with Crippen molar-refractivity contribution in [3.05, 3.63) is 18.2 Å². The number of imidazole rings is 1. The van der Waals surface area contributed by atoms with Gasteiger partial charge in [0, 0.05) is 25.7 Å². The Balaban J connectivity index is 2.29. The Bertz CT molecular complexity index is 301. The molecule has 92 valence electrons. The maximum absolute atomic E-state index is 5.66. The van der Waals surface area contributed by atoms with Crippen molar-refractivity contribution < 1.29 is 4.74 Å². The van der Waals surface area contributed by atoms with Crippen molar-refractivity contribution in [2.24, 2.45) is 0 Å². The molecule has 0 atom stereocenters. The Morgan fingerprint density at radius 3 is 2.81 bits per heavy atom. The first-order chi connectivity index (χ1) is 7.51. The molecule has 4 heteroatoms. The van der Waals surface area contributed by atoms with E-state index in [1.807, 2.05) is 13.4 Å². The molecule has 0 bridgehead atoms. The third-order valence-electron chi connectivity index (χ3n) is 2.20. The van der Waals surface area contributed by atoms with Crippen LogP contribution in [0.15, 0.2) is 12.5 Å². The van der Waals surface area contributed by atoms with Crippen LogP contribution in [0.25, 0.3) is 0 Å². The van der Waals surface area contributed by atoms with Gasteiger partial charge < -0.3 is 14.6 Å². The van der Waals surface area contributed by atoms with Gasteiger partial charge in [-0.15, -0.1) is 0 Å². The second-order valence-electron chi connectivity index (χ2n) is 4.92. The van der Waals surface area contributed by atoms with Crippen molar-refractivity contribution in [2.75, 3.05) is 20.2 Å². The van der Waals surface area contributed by atoms with Gasteiger partial charge in [-0.2, -0.15) is 0 Å². The summed E-state index contributed by atoms with van der Waals surface area (Å²) in [6.45, 7) is 8.77. The molecule has 0 spiro atoms. The van der Waals surface area contributed by atoms with Gasteiger partial charge in [-0.3, -0.25) is 0 Å². The highest BCUT2D eigenvalue weighted by Gasteiger charge is 2.09. The molecule has 0 aliphatic rings. The summed E-state index contributed by atoms with van der Waals surface area (Å²) in [4.78, 5) is 4.34. The summed E-state index contributed by atoms with van der Waals surface area (Å²) in [5.41, 5.74) is 1.07. The molecular weight excluding hydrogens is 202 g/mol. The molecule has 0 saturated heterocycles. The highest BCUT2D eigenvalue weighted by molar-refractivity contribution is 4.97. The summed E-state index contributed by atoms with van der Waals surface area (Å²) in [6, 6.07) is 0. The van der Waals surface area contributed by atoms with Crippen LogP contribution in [0.4, 0.5) is 0 Å². The van der Waals surface area contributed by atoms with Crippen LogP contribution in [-0.2, 0) is 17.7 Å². The van der Waals surface area contributed by atoms with Crippen LogP contribution in [0.2, 0.25) is 0 Å². The lowest BCUT2D eigenvalue weighted by Gasteiger charge is -2.19. The van der Waals surface area contributed by atoms with Gasteiger partial charge in [-0.05, 0) is 27.8 Å². The summed E-state index contributed by atoms with van der Waals surface area (Å²) in [7, 11) is 1.95. The lowest BCUT2D eigenvalue weighted by Crippen LogP contribution is -2.21. The number of nitrogens with zero attached hydrogens (tertiary/aromatic N) is 2. The molecular formula is C12H23N3O. The summed E-state index contributed by atoms with van der Waals surface area (Å²) < 4.78 is 7.74. The number of nitrogens with one attached hydrogen (secondary N) is 1. The molecule has 1 N–H and O–H groups in total. The third kappa shape index (κ3) is 5.28. The zero-order valence-corrected chi connectivity index (χ0v) is 10.8. The normalized spacial score (nSPS) is 12.0. The molecule has 0 aromatic carbocycles. The van der Waals surface area contributed by atoms with Gasteiger partial charge in [0.25, 0.3) is 0 Å². The van der Waals surface area contributed by atoms with Crippen molar-refractivity contribution in [1.29, 1.82) is 0 Å². The molecule has 4 nitrogen and oxygen atoms in total. The average Bonchev–Trinajstić information content (AvgIpc) is 2.61. The molecule has 1 aromatic rings. The van der Waals surface area contributed by atoms with Gasteiger partial charge in [-0.25, -0.2) is 4.98 Å². The minimum absolute atomic E-state index is 0.0600. The van der Waals surface area contributed by atoms with Crippen LogP contribution >= 0.6 is 0 Å². The van der Waals surface area contributed by atoms with E-state index in [-0.39, 0.29) is 5.60 Å². The summed E-state index contributed by atoms with van der Waals surface area (Å²) in [5.74, 6) is 0. The number of aromatic nitrogens is 2. The topological polar surface area (TPSA) is 39.1 Å². The number of likely N-dealkylation sites (N-methyl/N-ethyl adjacent to an activating group) is 1. The van der Waals surface area contributed by atoms with Gasteiger partial charge in [0.2, 0.25) is 0 Å². The van der Waals surface area contributed by atoms with Gasteiger partial charge >= 0.3 is 0 Å². The van der Waals surface area contributed by atoms with Crippen molar-refractivity contribution in [3.63, 3.8) is 0 Å². The SMILES string of the molecule is CNCCc1cn(CCOC(C)(C)C)cn1. The fourth-order valence-electron chi connectivity index (χ4n) is 1.37. The first-order valence-electron chi connectivity index (χ1n) is 5.80. The zero-order chi connectivity index (χ0) is 12.0. The summed E-state index contributed by atoms with van der Waals surface area (Å²) in [6.07, 6.45) is 4.93.